The summed E-state index contributed by atoms with van der Waals surface area (Å²) >= 11 is 0. The molecule has 1 aromatic carbocycles. The highest BCUT2D eigenvalue weighted by molar-refractivity contribution is 5.82. The molecule has 0 saturated carbocycles. The van der Waals surface area contributed by atoms with Gasteiger partial charge in [-0.3, -0.25) is 9.59 Å². The molecular formula is C15H15N3O2. The SMILES string of the molecule is CN(CCC#N)C(=O)Cn1ccc2ccccc2c1=O. The van der Waals surface area contributed by atoms with Crippen LogP contribution in [0, 0.1) is 11.3 Å². The lowest BCUT2D eigenvalue weighted by molar-refractivity contribution is -0.130. The second-order valence-electron chi connectivity index (χ2n) is 4.56. The molecule has 0 fully saturated rings. The van der Waals surface area contributed by atoms with E-state index in [9.17, 15) is 9.59 Å². The van der Waals surface area contributed by atoms with Crippen molar-refractivity contribution in [1.29, 1.82) is 5.26 Å². The van der Waals surface area contributed by atoms with Gasteiger partial charge in [0.2, 0.25) is 5.91 Å². The molecule has 2 rings (SSSR count). The molecule has 0 bridgehead atoms. The number of amides is 1. The second kappa shape index (κ2) is 6.02. The molecule has 5 nitrogen and oxygen atoms in total. The quantitative estimate of drug-likeness (QED) is 0.842. The van der Waals surface area contributed by atoms with Gasteiger partial charge in [0.25, 0.3) is 5.56 Å². The minimum Gasteiger partial charge on any atom is -0.343 e. The molecule has 0 unspecified atom stereocenters. The van der Waals surface area contributed by atoms with Crippen molar-refractivity contribution in [3.63, 3.8) is 0 Å². The van der Waals surface area contributed by atoms with Gasteiger partial charge < -0.3 is 9.47 Å². The summed E-state index contributed by atoms with van der Waals surface area (Å²) in [5.74, 6) is -0.183. The molecule has 1 amide bonds. The number of nitrogens with zero attached hydrogens (tertiary/aromatic N) is 3. The van der Waals surface area contributed by atoms with E-state index in [0.717, 1.165) is 5.39 Å². The number of hydrogen-bond donors (Lipinski definition) is 0. The average Bonchev–Trinajstić information content (AvgIpc) is 2.47. The number of nitriles is 1. The van der Waals surface area contributed by atoms with Gasteiger partial charge >= 0.3 is 0 Å². The Balaban J connectivity index is 2.22. The third kappa shape index (κ3) is 2.86. The van der Waals surface area contributed by atoms with Crippen LogP contribution in [0.5, 0.6) is 0 Å². The van der Waals surface area contributed by atoms with E-state index in [1.807, 2.05) is 24.3 Å². The molecule has 0 saturated heterocycles. The lowest BCUT2D eigenvalue weighted by Crippen LogP contribution is -2.34. The van der Waals surface area contributed by atoms with Gasteiger partial charge in [0.05, 0.1) is 12.5 Å². The topological polar surface area (TPSA) is 66.1 Å². The van der Waals surface area contributed by atoms with Gasteiger partial charge in [-0.05, 0) is 17.5 Å². The number of carbonyl (C=O) groups excluding carboxylic acids is 1. The van der Waals surface area contributed by atoms with Crippen molar-refractivity contribution in [3.8, 4) is 6.07 Å². The van der Waals surface area contributed by atoms with Crippen LogP contribution in [0.3, 0.4) is 0 Å². The molecule has 0 atom stereocenters. The molecule has 20 heavy (non-hydrogen) atoms. The fourth-order valence-corrected chi connectivity index (χ4v) is 1.96. The van der Waals surface area contributed by atoms with Crippen LogP contribution >= 0.6 is 0 Å². The first-order valence-electron chi connectivity index (χ1n) is 6.32. The molecule has 0 aliphatic carbocycles. The first-order valence-corrected chi connectivity index (χ1v) is 6.32. The zero-order valence-electron chi connectivity index (χ0n) is 11.2. The van der Waals surface area contributed by atoms with E-state index in [0.29, 0.717) is 11.9 Å². The lowest BCUT2D eigenvalue weighted by atomic mass is 10.2. The molecule has 0 aliphatic heterocycles. The normalized spacial score (nSPS) is 10.2. The van der Waals surface area contributed by atoms with E-state index in [2.05, 4.69) is 0 Å². The van der Waals surface area contributed by atoms with E-state index >= 15 is 0 Å². The summed E-state index contributed by atoms with van der Waals surface area (Å²) in [6.45, 7) is 0.364. The van der Waals surface area contributed by atoms with Gasteiger partial charge in [0.15, 0.2) is 0 Å². The standard InChI is InChI=1S/C15H15N3O2/c1-17(9-4-8-16)14(19)11-18-10-7-12-5-2-3-6-13(12)15(18)20/h2-3,5-7,10H,4,9,11H2,1H3. The number of hydrogen-bond acceptors (Lipinski definition) is 3. The van der Waals surface area contributed by atoms with Gasteiger partial charge in [-0.15, -0.1) is 0 Å². The molecule has 0 aliphatic rings. The van der Waals surface area contributed by atoms with Crippen molar-refractivity contribution in [2.75, 3.05) is 13.6 Å². The van der Waals surface area contributed by atoms with Crippen LogP contribution in [-0.2, 0) is 11.3 Å². The fraction of sp³-hybridized carbons (Fsp3) is 0.267. The molecule has 5 heteroatoms. The van der Waals surface area contributed by atoms with Crippen molar-refractivity contribution >= 4 is 16.7 Å². The zero-order valence-corrected chi connectivity index (χ0v) is 11.2. The Morgan fingerprint density at radius 1 is 1.35 bits per heavy atom. The van der Waals surface area contributed by atoms with Crippen LogP contribution in [0.2, 0.25) is 0 Å². The Morgan fingerprint density at radius 3 is 2.85 bits per heavy atom. The Kier molecular flexibility index (Phi) is 4.16. The highest BCUT2D eigenvalue weighted by Crippen LogP contribution is 2.08. The third-order valence-electron chi connectivity index (χ3n) is 3.18. The molecule has 102 valence electrons. The number of aromatic nitrogens is 1. The van der Waals surface area contributed by atoms with Crippen molar-refractivity contribution in [2.24, 2.45) is 0 Å². The average molecular weight is 269 g/mol. The lowest BCUT2D eigenvalue weighted by Gasteiger charge is -2.16. The van der Waals surface area contributed by atoms with E-state index in [-0.39, 0.29) is 24.4 Å². The maximum absolute atomic E-state index is 12.2. The number of fused-ring (bicyclic) bond motifs is 1. The molecule has 1 aromatic heterocycles. The van der Waals surface area contributed by atoms with Crippen LogP contribution in [-0.4, -0.2) is 29.0 Å². The number of carbonyl (C=O) groups is 1. The molecule has 1 heterocycles. The van der Waals surface area contributed by atoms with E-state index < -0.39 is 0 Å². The molecule has 0 radical (unpaired) electrons. The van der Waals surface area contributed by atoms with Gasteiger partial charge in [-0.2, -0.15) is 5.26 Å². The largest absolute Gasteiger partial charge is 0.343 e. The van der Waals surface area contributed by atoms with Gasteiger partial charge in [-0.25, -0.2) is 0 Å². The summed E-state index contributed by atoms with van der Waals surface area (Å²) in [7, 11) is 1.63. The molecular weight excluding hydrogens is 254 g/mol. The summed E-state index contributed by atoms with van der Waals surface area (Å²) in [5.41, 5.74) is -0.176. The summed E-state index contributed by atoms with van der Waals surface area (Å²) in [4.78, 5) is 25.7. The smallest absolute Gasteiger partial charge is 0.258 e. The minimum atomic E-state index is -0.183. The number of likely N-dealkylation sites (N-methyl/N-ethyl adjacent to an activating group) is 1. The third-order valence-corrected chi connectivity index (χ3v) is 3.18. The second-order valence-corrected chi connectivity index (χ2v) is 4.56. The summed E-state index contributed by atoms with van der Waals surface area (Å²) in [6, 6.07) is 11.1. The van der Waals surface area contributed by atoms with E-state index in [1.165, 1.54) is 9.47 Å². The highest BCUT2D eigenvalue weighted by Gasteiger charge is 2.11. The Labute approximate surface area is 116 Å². The van der Waals surface area contributed by atoms with Gasteiger partial charge in [-0.1, -0.05) is 18.2 Å². The zero-order chi connectivity index (χ0) is 14.5. The summed E-state index contributed by atoms with van der Waals surface area (Å²) < 4.78 is 1.40. The fourth-order valence-electron chi connectivity index (χ4n) is 1.96. The predicted molar refractivity (Wildman–Crippen MR) is 76.1 cm³/mol. The van der Waals surface area contributed by atoms with Crippen molar-refractivity contribution < 1.29 is 4.79 Å². The van der Waals surface area contributed by atoms with E-state index in [1.54, 1.807) is 25.4 Å². The number of benzene rings is 1. The van der Waals surface area contributed by atoms with Crippen LogP contribution in [0.4, 0.5) is 0 Å². The van der Waals surface area contributed by atoms with Crippen molar-refractivity contribution in [3.05, 3.63) is 46.9 Å². The monoisotopic (exact) mass is 269 g/mol. The maximum Gasteiger partial charge on any atom is 0.258 e. The number of pyridine rings is 1. The molecule has 0 spiro atoms. The van der Waals surface area contributed by atoms with Crippen LogP contribution in [0.25, 0.3) is 10.8 Å². The van der Waals surface area contributed by atoms with Crippen LogP contribution < -0.4 is 5.56 Å². The highest BCUT2D eigenvalue weighted by atomic mass is 16.2. The van der Waals surface area contributed by atoms with Crippen LogP contribution in [0.1, 0.15) is 6.42 Å². The molecule has 0 N–H and O–H groups in total. The van der Waals surface area contributed by atoms with Gasteiger partial charge in [0, 0.05) is 25.2 Å². The van der Waals surface area contributed by atoms with Crippen molar-refractivity contribution in [1.82, 2.24) is 9.47 Å². The number of rotatable bonds is 4. The Hall–Kier alpha value is -2.61. The van der Waals surface area contributed by atoms with E-state index in [4.69, 9.17) is 5.26 Å². The summed E-state index contributed by atoms with van der Waals surface area (Å²) in [6.07, 6.45) is 1.91. The molecule has 2 aromatic rings. The maximum atomic E-state index is 12.2. The summed E-state index contributed by atoms with van der Waals surface area (Å²) in [5, 5.41) is 9.97. The first-order chi connectivity index (χ1) is 9.63. The Bertz CT molecular complexity index is 728. The predicted octanol–water partition coefficient (Wildman–Crippen LogP) is 1.37. The van der Waals surface area contributed by atoms with Gasteiger partial charge in [0.1, 0.15) is 6.54 Å². The van der Waals surface area contributed by atoms with Crippen LogP contribution in [0.15, 0.2) is 41.3 Å². The van der Waals surface area contributed by atoms with Crippen molar-refractivity contribution in [2.45, 2.75) is 13.0 Å². The first kappa shape index (κ1) is 13.8. The minimum absolute atomic E-state index is 0.00834. The Morgan fingerprint density at radius 2 is 2.10 bits per heavy atom.